The van der Waals surface area contributed by atoms with Crippen molar-refractivity contribution in [1.29, 1.82) is 0 Å². The van der Waals surface area contributed by atoms with Crippen molar-refractivity contribution >= 4 is 0 Å². The van der Waals surface area contributed by atoms with Crippen LogP contribution in [0.2, 0.25) is 0 Å². The van der Waals surface area contributed by atoms with E-state index in [1.807, 2.05) is 7.05 Å². The van der Waals surface area contributed by atoms with Gasteiger partial charge in [0.15, 0.2) is 0 Å². The Bertz CT molecular complexity index is 119. The van der Waals surface area contributed by atoms with Crippen LogP contribution in [0.5, 0.6) is 0 Å². The second-order valence-electron chi connectivity index (χ2n) is 4.19. The van der Waals surface area contributed by atoms with E-state index in [1.165, 1.54) is 45.2 Å². The van der Waals surface area contributed by atoms with E-state index in [2.05, 4.69) is 17.1 Å². The maximum atomic E-state index is 3.21. The fraction of sp³-hybridized carbons (Fsp3) is 1.00. The van der Waals surface area contributed by atoms with Crippen LogP contribution in [0.3, 0.4) is 0 Å². The molecule has 0 aliphatic carbocycles. The summed E-state index contributed by atoms with van der Waals surface area (Å²) < 4.78 is 0. The molecule has 0 amide bonds. The zero-order valence-electron chi connectivity index (χ0n) is 9.18. The van der Waals surface area contributed by atoms with Crippen molar-refractivity contribution in [1.82, 2.24) is 10.2 Å². The third kappa shape index (κ3) is 4.10. The zero-order chi connectivity index (χ0) is 9.52. The summed E-state index contributed by atoms with van der Waals surface area (Å²) in [5, 5.41) is 3.21. The van der Waals surface area contributed by atoms with Crippen LogP contribution in [0, 0.1) is 0 Å². The molecule has 0 saturated carbocycles. The molecular formula is C11H24N2. The molecule has 2 nitrogen and oxygen atoms in total. The van der Waals surface area contributed by atoms with Gasteiger partial charge < -0.3 is 10.2 Å². The van der Waals surface area contributed by atoms with Gasteiger partial charge in [-0.2, -0.15) is 0 Å². The summed E-state index contributed by atoms with van der Waals surface area (Å²) in [4.78, 5) is 2.65. The molecule has 1 fully saturated rings. The van der Waals surface area contributed by atoms with Crippen LogP contribution in [0.25, 0.3) is 0 Å². The third-order valence-electron chi connectivity index (χ3n) is 3.06. The standard InChI is InChI=1S/C11H24N2/c1-11(7-6-8-12-2)13-9-4-3-5-10-13/h11-12H,3-10H2,1-2H3. The van der Waals surface area contributed by atoms with Crippen LogP contribution >= 0.6 is 0 Å². The smallest absolute Gasteiger partial charge is 0.00674 e. The van der Waals surface area contributed by atoms with E-state index in [-0.39, 0.29) is 0 Å². The number of nitrogens with zero attached hydrogens (tertiary/aromatic N) is 1. The first-order valence-corrected chi connectivity index (χ1v) is 5.73. The summed E-state index contributed by atoms with van der Waals surface area (Å²) in [6, 6.07) is 0.800. The molecule has 1 saturated heterocycles. The monoisotopic (exact) mass is 184 g/mol. The Morgan fingerprint density at radius 2 is 1.92 bits per heavy atom. The van der Waals surface area contributed by atoms with Crippen LogP contribution in [0.1, 0.15) is 39.0 Å². The minimum absolute atomic E-state index is 0.800. The number of nitrogens with one attached hydrogen (secondary N) is 1. The van der Waals surface area contributed by atoms with Crippen LogP contribution in [0.4, 0.5) is 0 Å². The maximum absolute atomic E-state index is 3.21. The van der Waals surface area contributed by atoms with Gasteiger partial charge in [0.05, 0.1) is 0 Å². The van der Waals surface area contributed by atoms with E-state index in [4.69, 9.17) is 0 Å². The van der Waals surface area contributed by atoms with Crippen LogP contribution in [0.15, 0.2) is 0 Å². The molecule has 13 heavy (non-hydrogen) atoms. The molecule has 1 unspecified atom stereocenters. The number of hydrogen-bond donors (Lipinski definition) is 1. The van der Waals surface area contributed by atoms with Gasteiger partial charge in [-0.05, 0) is 59.3 Å². The Hall–Kier alpha value is -0.0800. The molecule has 1 aliphatic rings. The summed E-state index contributed by atoms with van der Waals surface area (Å²) in [6.45, 7) is 6.21. The first kappa shape index (κ1) is 11.0. The molecule has 0 aromatic rings. The van der Waals surface area contributed by atoms with Gasteiger partial charge in [0.1, 0.15) is 0 Å². The van der Waals surface area contributed by atoms with E-state index < -0.39 is 0 Å². The van der Waals surface area contributed by atoms with Crippen LogP contribution in [-0.2, 0) is 0 Å². The average Bonchev–Trinajstić information content (AvgIpc) is 2.19. The third-order valence-corrected chi connectivity index (χ3v) is 3.06. The molecule has 0 radical (unpaired) electrons. The van der Waals surface area contributed by atoms with E-state index >= 15 is 0 Å². The summed E-state index contributed by atoms with van der Waals surface area (Å²) in [5.41, 5.74) is 0. The van der Waals surface area contributed by atoms with Crippen molar-refractivity contribution < 1.29 is 0 Å². The van der Waals surface area contributed by atoms with Gasteiger partial charge in [-0.25, -0.2) is 0 Å². The first-order valence-electron chi connectivity index (χ1n) is 5.73. The summed E-state index contributed by atoms with van der Waals surface area (Å²) in [6.07, 6.45) is 6.93. The summed E-state index contributed by atoms with van der Waals surface area (Å²) in [5.74, 6) is 0. The second kappa shape index (κ2) is 6.39. The van der Waals surface area contributed by atoms with E-state index in [9.17, 15) is 0 Å². The Balaban J connectivity index is 2.09. The molecule has 0 aromatic heterocycles. The van der Waals surface area contributed by atoms with E-state index in [0.29, 0.717) is 0 Å². The highest BCUT2D eigenvalue weighted by Gasteiger charge is 2.15. The van der Waals surface area contributed by atoms with Gasteiger partial charge in [0.2, 0.25) is 0 Å². The molecule has 0 spiro atoms. The molecule has 0 aromatic carbocycles. The predicted octanol–water partition coefficient (Wildman–Crippen LogP) is 1.86. The Morgan fingerprint density at radius 3 is 2.54 bits per heavy atom. The molecule has 0 bridgehead atoms. The summed E-state index contributed by atoms with van der Waals surface area (Å²) >= 11 is 0. The molecule has 1 rings (SSSR count). The molecule has 2 heteroatoms. The highest BCUT2D eigenvalue weighted by atomic mass is 15.1. The van der Waals surface area contributed by atoms with Gasteiger partial charge in [-0.1, -0.05) is 6.42 Å². The Morgan fingerprint density at radius 1 is 1.23 bits per heavy atom. The number of rotatable bonds is 5. The fourth-order valence-electron chi connectivity index (χ4n) is 2.12. The number of piperidine rings is 1. The van der Waals surface area contributed by atoms with Gasteiger partial charge in [0.25, 0.3) is 0 Å². The fourth-order valence-corrected chi connectivity index (χ4v) is 2.12. The normalized spacial score (nSPS) is 21.7. The van der Waals surface area contributed by atoms with Crippen molar-refractivity contribution in [3.05, 3.63) is 0 Å². The van der Waals surface area contributed by atoms with E-state index in [0.717, 1.165) is 12.6 Å². The quantitative estimate of drug-likeness (QED) is 0.656. The zero-order valence-corrected chi connectivity index (χ0v) is 9.18. The summed E-state index contributed by atoms with van der Waals surface area (Å²) in [7, 11) is 2.03. The molecule has 1 atom stereocenters. The lowest BCUT2D eigenvalue weighted by atomic mass is 10.1. The average molecular weight is 184 g/mol. The molecular weight excluding hydrogens is 160 g/mol. The van der Waals surface area contributed by atoms with Gasteiger partial charge in [0, 0.05) is 6.04 Å². The van der Waals surface area contributed by atoms with Crippen LogP contribution in [-0.4, -0.2) is 37.6 Å². The Labute approximate surface area is 82.7 Å². The predicted molar refractivity (Wildman–Crippen MR) is 58.0 cm³/mol. The first-order chi connectivity index (χ1) is 6.34. The second-order valence-corrected chi connectivity index (χ2v) is 4.19. The highest BCUT2D eigenvalue weighted by molar-refractivity contribution is 4.71. The lowest BCUT2D eigenvalue weighted by molar-refractivity contribution is 0.165. The van der Waals surface area contributed by atoms with Crippen molar-refractivity contribution in [2.75, 3.05) is 26.7 Å². The van der Waals surface area contributed by atoms with Crippen LogP contribution < -0.4 is 5.32 Å². The van der Waals surface area contributed by atoms with Crippen molar-refractivity contribution in [2.24, 2.45) is 0 Å². The number of hydrogen-bond acceptors (Lipinski definition) is 2. The van der Waals surface area contributed by atoms with E-state index in [1.54, 1.807) is 0 Å². The Kier molecular flexibility index (Phi) is 5.40. The largest absolute Gasteiger partial charge is 0.320 e. The minimum atomic E-state index is 0.800. The van der Waals surface area contributed by atoms with Gasteiger partial charge in [-0.3, -0.25) is 0 Å². The van der Waals surface area contributed by atoms with Gasteiger partial charge >= 0.3 is 0 Å². The van der Waals surface area contributed by atoms with Crippen molar-refractivity contribution in [2.45, 2.75) is 45.1 Å². The van der Waals surface area contributed by atoms with Gasteiger partial charge in [-0.15, -0.1) is 0 Å². The molecule has 1 N–H and O–H groups in total. The lowest BCUT2D eigenvalue weighted by Crippen LogP contribution is -2.37. The van der Waals surface area contributed by atoms with Crippen molar-refractivity contribution in [3.8, 4) is 0 Å². The molecule has 78 valence electrons. The minimum Gasteiger partial charge on any atom is -0.320 e. The SMILES string of the molecule is CNCCCC(C)N1CCCCC1. The topological polar surface area (TPSA) is 15.3 Å². The maximum Gasteiger partial charge on any atom is 0.00674 e. The number of likely N-dealkylation sites (tertiary alicyclic amines) is 1. The highest BCUT2D eigenvalue weighted by Crippen LogP contribution is 2.14. The van der Waals surface area contributed by atoms with Crippen molar-refractivity contribution in [3.63, 3.8) is 0 Å². The molecule has 1 aliphatic heterocycles. The lowest BCUT2D eigenvalue weighted by Gasteiger charge is -2.32. The molecule has 1 heterocycles.